The third-order valence-corrected chi connectivity index (χ3v) is 4.37. The summed E-state index contributed by atoms with van der Waals surface area (Å²) in [7, 11) is 3.27. The monoisotopic (exact) mass is 392 g/mol. The third-order valence-electron chi connectivity index (χ3n) is 4.37. The predicted molar refractivity (Wildman–Crippen MR) is 111 cm³/mol. The van der Waals surface area contributed by atoms with Crippen molar-refractivity contribution in [3.63, 3.8) is 0 Å². The normalized spacial score (nSPS) is 10.3. The molecule has 0 aliphatic heterocycles. The number of ether oxygens (including phenoxy) is 2. The van der Waals surface area contributed by atoms with Crippen LogP contribution in [0.25, 0.3) is 0 Å². The van der Waals surface area contributed by atoms with E-state index in [2.05, 4.69) is 20.6 Å². The summed E-state index contributed by atoms with van der Waals surface area (Å²) < 4.78 is 10.4. The molecular formula is C22H24N4O3. The summed E-state index contributed by atoms with van der Waals surface area (Å²) in [5.41, 5.74) is 2.45. The van der Waals surface area contributed by atoms with Crippen LogP contribution in [-0.2, 0) is 13.0 Å². The highest BCUT2D eigenvalue weighted by molar-refractivity contribution is 5.92. The average molecular weight is 392 g/mol. The Morgan fingerprint density at radius 3 is 2.48 bits per heavy atom. The maximum absolute atomic E-state index is 12.4. The van der Waals surface area contributed by atoms with Crippen LogP contribution >= 0.6 is 0 Å². The minimum absolute atomic E-state index is 0.251. The number of nitrogens with one attached hydrogen (secondary N) is 2. The second-order valence-corrected chi connectivity index (χ2v) is 6.35. The first kappa shape index (κ1) is 20.1. The quantitative estimate of drug-likeness (QED) is 0.582. The molecule has 3 rings (SSSR count). The molecule has 0 atom stereocenters. The molecule has 0 bridgehead atoms. The lowest BCUT2D eigenvalue weighted by Crippen LogP contribution is -2.24. The van der Waals surface area contributed by atoms with Gasteiger partial charge in [0.05, 0.1) is 14.2 Å². The molecule has 0 fully saturated rings. The molecule has 1 amide bonds. The van der Waals surface area contributed by atoms with Gasteiger partial charge >= 0.3 is 0 Å². The number of amides is 1. The first-order valence-electron chi connectivity index (χ1n) is 9.28. The summed E-state index contributed by atoms with van der Waals surface area (Å²) in [6, 6.07) is 17.1. The molecule has 0 unspecified atom stereocenters. The van der Waals surface area contributed by atoms with E-state index in [1.165, 1.54) is 6.33 Å². The van der Waals surface area contributed by atoms with Crippen LogP contribution in [0.5, 0.6) is 11.5 Å². The molecule has 3 aromatic rings. The highest BCUT2D eigenvalue weighted by Gasteiger charge is 2.09. The van der Waals surface area contributed by atoms with Crippen molar-refractivity contribution in [2.75, 3.05) is 26.1 Å². The molecule has 7 nitrogen and oxygen atoms in total. The van der Waals surface area contributed by atoms with Crippen LogP contribution in [0.1, 0.15) is 21.6 Å². The Hall–Kier alpha value is -3.61. The summed E-state index contributed by atoms with van der Waals surface area (Å²) in [5, 5.41) is 6.09. The van der Waals surface area contributed by atoms with E-state index >= 15 is 0 Å². The molecule has 0 aliphatic carbocycles. The second-order valence-electron chi connectivity index (χ2n) is 6.35. The molecule has 29 heavy (non-hydrogen) atoms. The molecule has 7 heteroatoms. The van der Waals surface area contributed by atoms with Gasteiger partial charge in [0, 0.05) is 19.2 Å². The van der Waals surface area contributed by atoms with Crippen molar-refractivity contribution in [2.24, 2.45) is 0 Å². The SMILES string of the molecule is COc1ccc(CNC(=O)c2cc(NCCc3cccc(OC)c3)ncn2)cc1. The topological polar surface area (TPSA) is 85.4 Å². The Labute approximate surface area is 170 Å². The molecular weight excluding hydrogens is 368 g/mol. The lowest BCUT2D eigenvalue weighted by molar-refractivity contribution is 0.0946. The van der Waals surface area contributed by atoms with Gasteiger partial charge in [-0.3, -0.25) is 4.79 Å². The van der Waals surface area contributed by atoms with Crippen LogP contribution in [0.3, 0.4) is 0 Å². The van der Waals surface area contributed by atoms with Gasteiger partial charge in [-0.2, -0.15) is 0 Å². The molecule has 1 aromatic heterocycles. The first-order chi connectivity index (χ1) is 14.2. The molecule has 150 valence electrons. The summed E-state index contributed by atoms with van der Waals surface area (Å²) >= 11 is 0. The van der Waals surface area contributed by atoms with E-state index in [1.54, 1.807) is 20.3 Å². The number of hydrogen-bond donors (Lipinski definition) is 2. The second kappa shape index (κ2) is 10.1. The van der Waals surface area contributed by atoms with Gasteiger partial charge in [-0.05, 0) is 41.8 Å². The van der Waals surface area contributed by atoms with Gasteiger partial charge in [0.1, 0.15) is 29.3 Å². The zero-order valence-electron chi connectivity index (χ0n) is 16.5. The number of aromatic nitrogens is 2. The van der Waals surface area contributed by atoms with Crippen LogP contribution in [0.4, 0.5) is 5.82 Å². The highest BCUT2D eigenvalue weighted by atomic mass is 16.5. The molecule has 2 aromatic carbocycles. The average Bonchev–Trinajstić information content (AvgIpc) is 2.78. The Bertz CT molecular complexity index is 945. The number of carbonyl (C=O) groups is 1. The van der Waals surface area contributed by atoms with Crippen molar-refractivity contribution < 1.29 is 14.3 Å². The molecule has 0 aliphatic rings. The maximum atomic E-state index is 12.4. The molecule has 0 saturated heterocycles. The van der Waals surface area contributed by atoms with E-state index in [0.717, 1.165) is 29.0 Å². The molecule has 0 spiro atoms. The number of methoxy groups -OCH3 is 2. The van der Waals surface area contributed by atoms with E-state index in [0.29, 0.717) is 24.6 Å². The lowest BCUT2D eigenvalue weighted by atomic mass is 10.1. The van der Waals surface area contributed by atoms with Gasteiger partial charge in [-0.1, -0.05) is 24.3 Å². The Kier molecular flexibility index (Phi) is 7.00. The number of carbonyl (C=O) groups excluding carboxylic acids is 1. The van der Waals surface area contributed by atoms with Crippen molar-refractivity contribution in [3.05, 3.63) is 77.7 Å². The fourth-order valence-corrected chi connectivity index (χ4v) is 2.76. The largest absolute Gasteiger partial charge is 0.497 e. The van der Waals surface area contributed by atoms with Gasteiger partial charge in [0.2, 0.25) is 0 Å². The fourth-order valence-electron chi connectivity index (χ4n) is 2.76. The van der Waals surface area contributed by atoms with Crippen LogP contribution in [0, 0.1) is 0 Å². The minimum atomic E-state index is -0.251. The predicted octanol–water partition coefficient (Wildman–Crippen LogP) is 3.08. The summed E-state index contributed by atoms with van der Waals surface area (Å²) in [6.07, 6.45) is 2.19. The smallest absolute Gasteiger partial charge is 0.270 e. The number of benzene rings is 2. The molecule has 2 N–H and O–H groups in total. The zero-order valence-corrected chi connectivity index (χ0v) is 16.5. The van der Waals surface area contributed by atoms with Gasteiger partial charge in [0.15, 0.2) is 0 Å². The molecule has 1 heterocycles. The van der Waals surface area contributed by atoms with Crippen molar-refractivity contribution in [1.29, 1.82) is 0 Å². The molecule has 0 saturated carbocycles. The number of hydrogen-bond acceptors (Lipinski definition) is 6. The first-order valence-corrected chi connectivity index (χ1v) is 9.28. The highest BCUT2D eigenvalue weighted by Crippen LogP contribution is 2.14. The standard InChI is InChI=1S/C22H24N4O3/c1-28-18-8-6-17(7-9-18)14-24-22(27)20-13-21(26-15-25-20)23-11-10-16-4-3-5-19(12-16)29-2/h3-9,12-13,15H,10-11,14H2,1-2H3,(H,24,27)(H,23,25,26). The van der Waals surface area contributed by atoms with Gasteiger partial charge in [-0.25, -0.2) is 9.97 Å². The van der Waals surface area contributed by atoms with Crippen molar-refractivity contribution in [3.8, 4) is 11.5 Å². The van der Waals surface area contributed by atoms with Gasteiger partial charge in [0.25, 0.3) is 5.91 Å². The Balaban J connectivity index is 1.51. The fraction of sp³-hybridized carbons (Fsp3) is 0.227. The van der Waals surface area contributed by atoms with Crippen LogP contribution in [0.15, 0.2) is 60.9 Å². The lowest BCUT2D eigenvalue weighted by Gasteiger charge is -2.09. The van der Waals surface area contributed by atoms with Crippen LogP contribution in [-0.4, -0.2) is 36.6 Å². The van der Waals surface area contributed by atoms with Crippen molar-refractivity contribution in [2.45, 2.75) is 13.0 Å². The van der Waals surface area contributed by atoms with Crippen molar-refractivity contribution >= 4 is 11.7 Å². The third kappa shape index (κ3) is 5.93. The van der Waals surface area contributed by atoms with E-state index < -0.39 is 0 Å². The van der Waals surface area contributed by atoms with E-state index in [1.807, 2.05) is 48.5 Å². The van der Waals surface area contributed by atoms with Gasteiger partial charge < -0.3 is 20.1 Å². The zero-order chi connectivity index (χ0) is 20.5. The molecule has 0 radical (unpaired) electrons. The van der Waals surface area contributed by atoms with E-state index in [-0.39, 0.29) is 5.91 Å². The Morgan fingerprint density at radius 1 is 0.931 bits per heavy atom. The maximum Gasteiger partial charge on any atom is 0.270 e. The van der Waals surface area contributed by atoms with E-state index in [9.17, 15) is 4.79 Å². The number of rotatable bonds is 9. The minimum Gasteiger partial charge on any atom is -0.497 e. The van der Waals surface area contributed by atoms with Crippen LogP contribution in [0.2, 0.25) is 0 Å². The number of anilines is 1. The summed E-state index contributed by atoms with van der Waals surface area (Å²) in [6.45, 7) is 1.09. The number of nitrogens with zero attached hydrogens (tertiary/aromatic N) is 2. The van der Waals surface area contributed by atoms with Gasteiger partial charge in [-0.15, -0.1) is 0 Å². The summed E-state index contributed by atoms with van der Waals surface area (Å²) in [4.78, 5) is 20.6. The Morgan fingerprint density at radius 2 is 1.72 bits per heavy atom. The van der Waals surface area contributed by atoms with E-state index in [4.69, 9.17) is 9.47 Å². The van der Waals surface area contributed by atoms with Crippen molar-refractivity contribution in [1.82, 2.24) is 15.3 Å². The summed E-state index contributed by atoms with van der Waals surface area (Å²) in [5.74, 6) is 1.97. The van der Waals surface area contributed by atoms with Crippen LogP contribution < -0.4 is 20.1 Å².